The maximum absolute atomic E-state index is 11.3. The molecule has 0 unspecified atom stereocenters. The standard InChI is InChI=1S/C13H14N3.C12H10ClN2.C12H11N2O.C7H8.C6H7N2O.9C2H6.Cl3OP.4Y/c1-10-8-9-12(16-13(10)14-2)15-11-6-4-3-5-7-11;1-9-7-8-11(15-12(9)13)14-10-5-3-2-4-6-10;1-9-7-8-11(14-12(9)15)13-10-5-3-2-4-6-10;1-7-5-3-2-4-6-7;1-4-2-3-5(7)8-6(4)9;9*1-2;1-5(2,3)4;;;;/h3-7,9H,1-2H3,(H2,14,15,16);2-6,8H,1H3,(H,14,15);2-6,8H,1H3,(H2,13,14,15);2-6H,1H3;3H,1H3,(H3,7,8,9);9*1-2H3;;;;;/q3*-1;;-1;;;;;;;;;;;;;;. The number of rotatable bonds is 6. The second kappa shape index (κ2) is 80.1. The zero-order valence-corrected chi connectivity index (χ0v) is 73.1. The molecule has 89 heavy (non-hydrogen) atoms. The number of anilines is 7. The molecule has 4 aromatic heterocycles. The SMILES string of the molecule is CC.CC.CC.CC.CC.CC.CC.CC.CC.CN=c1[nH]c(Nc2ccccc2)c[c-]c1C.Cc1[c-]cc(N)[nH]c1=O.Cc1[c-]cc(Nc2ccccc2)[nH]c1=O.Cc1[c-]cc(Nc2ccccc2)nc1Cl.Cc1ccccc1.O=P(Cl)(Cl)Cl.[Y].[Y].[Y].[Y]. The molecule has 21 heteroatoms. The summed E-state index contributed by atoms with van der Waals surface area (Å²) in [6, 6.07) is 58.4. The molecule has 488 valence electrons. The first kappa shape index (κ1) is 111. The maximum atomic E-state index is 11.3. The van der Waals surface area contributed by atoms with Crippen molar-refractivity contribution in [3.05, 3.63) is 229 Å². The molecule has 4 heterocycles. The third-order valence-corrected chi connectivity index (χ3v) is 8.74. The van der Waals surface area contributed by atoms with Crippen molar-refractivity contribution in [3.8, 4) is 0 Å². The Labute approximate surface area is 659 Å². The monoisotopic (exact) mass is 1620 g/mol. The number of pyridine rings is 4. The first-order valence-corrected chi connectivity index (χ1v) is 33.9. The molecule has 0 bridgehead atoms. The summed E-state index contributed by atoms with van der Waals surface area (Å²) >= 11 is 19.7. The Bertz CT molecular complexity index is 2960. The summed E-state index contributed by atoms with van der Waals surface area (Å²) < 4.78 is 9.51. The molecule has 0 amide bonds. The van der Waals surface area contributed by atoms with E-state index in [9.17, 15) is 14.2 Å². The molecule has 8 N–H and O–H groups in total. The van der Waals surface area contributed by atoms with Crippen molar-refractivity contribution in [1.82, 2.24) is 19.9 Å². The van der Waals surface area contributed by atoms with Crippen LogP contribution in [0.25, 0.3) is 0 Å². The summed E-state index contributed by atoms with van der Waals surface area (Å²) in [5, 5.41) is 6.75. The zero-order chi connectivity index (χ0) is 67.2. The molecule has 0 atom stereocenters. The third kappa shape index (κ3) is 65.7. The second-order valence-corrected chi connectivity index (χ2v) is 20.9. The van der Waals surface area contributed by atoms with E-state index in [-0.39, 0.29) is 142 Å². The first-order valence-electron chi connectivity index (χ1n) is 29.1. The van der Waals surface area contributed by atoms with Crippen LogP contribution in [-0.4, -0.2) is 27.0 Å². The Morgan fingerprint density at radius 2 is 0.730 bits per heavy atom. The molecular weight excluding hydrogens is 1520 g/mol. The fourth-order valence-corrected chi connectivity index (χ4v) is 5.10. The molecule has 0 aliphatic carbocycles. The van der Waals surface area contributed by atoms with E-state index in [1.807, 2.05) is 254 Å². The van der Waals surface area contributed by atoms with Crippen LogP contribution in [0.15, 0.2) is 160 Å². The average molecular weight is 1620 g/mol. The van der Waals surface area contributed by atoms with E-state index in [0.29, 0.717) is 33.7 Å². The Morgan fingerprint density at radius 3 is 1.02 bits per heavy atom. The van der Waals surface area contributed by atoms with Gasteiger partial charge in [0, 0.05) is 171 Å². The van der Waals surface area contributed by atoms with E-state index >= 15 is 0 Å². The van der Waals surface area contributed by atoms with Gasteiger partial charge in [0.15, 0.2) is 0 Å². The van der Waals surface area contributed by atoms with Gasteiger partial charge < -0.3 is 56.2 Å². The summed E-state index contributed by atoms with van der Waals surface area (Å²) in [4.78, 5) is 38.7. The predicted octanol–water partition coefficient (Wildman–Crippen LogP) is 22.3. The molecule has 8 rings (SSSR count). The number of benzene rings is 4. The number of nitrogens with two attached hydrogens (primary N) is 1. The number of nitrogens with zero attached hydrogens (tertiary/aromatic N) is 2. The molecule has 0 fully saturated rings. The van der Waals surface area contributed by atoms with E-state index in [1.54, 1.807) is 33.0 Å². The van der Waals surface area contributed by atoms with E-state index in [0.717, 1.165) is 39.5 Å². The molecule has 0 spiro atoms. The molecule has 4 radical (unpaired) electrons. The smallest absolute Gasteiger partial charge is 0.339 e. The van der Waals surface area contributed by atoms with Crippen LogP contribution >= 0.6 is 50.5 Å². The molecule has 0 saturated carbocycles. The van der Waals surface area contributed by atoms with Gasteiger partial charge in [0.1, 0.15) is 11.1 Å². The number of aromatic nitrogens is 4. The topological polar surface area (TPSA) is 186 Å². The van der Waals surface area contributed by atoms with Gasteiger partial charge in [-0.15, -0.1) is 58.1 Å². The van der Waals surface area contributed by atoms with Gasteiger partial charge in [0.05, 0.1) is 0 Å². The summed E-state index contributed by atoms with van der Waals surface area (Å²) in [6.07, 6.45) is 0. The molecule has 8 aromatic rings. The van der Waals surface area contributed by atoms with Crippen LogP contribution < -0.4 is 38.3 Å². The van der Waals surface area contributed by atoms with Gasteiger partial charge in [-0.25, -0.2) is 0 Å². The van der Waals surface area contributed by atoms with Gasteiger partial charge in [-0.05, 0) is 94.5 Å². The van der Waals surface area contributed by atoms with Gasteiger partial charge in [-0.1, -0.05) is 243 Å². The fraction of sp³-hybridized carbons (Fsp3) is 0.353. The van der Waals surface area contributed by atoms with Crippen LogP contribution in [0.3, 0.4) is 0 Å². The van der Waals surface area contributed by atoms with Crippen LogP contribution in [0.4, 0.5) is 40.3 Å². The number of aromatic amines is 3. The number of nitrogen functional groups attached to an aromatic ring is 1. The average Bonchev–Trinajstić information content (AvgIpc) is 3.75. The first-order chi connectivity index (χ1) is 40.9. The van der Waals surface area contributed by atoms with Crippen LogP contribution in [0.5, 0.6) is 0 Å². The van der Waals surface area contributed by atoms with Gasteiger partial charge >= 0.3 is 5.20 Å². The van der Waals surface area contributed by atoms with Crippen molar-refractivity contribution in [1.29, 1.82) is 0 Å². The Hall–Kier alpha value is -2.11. The van der Waals surface area contributed by atoms with Crippen molar-refractivity contribution in [2.45, 2.75) is 159 Å². The summed E-state index contributed by atoms with van der Waals surface area (Å²) in [7, 11) is 1.76. The molecule has 12 nitrogen and oxygen atoms in total. The van der Waals surface area contributed by atoms with Crippen LogP contribution in [0.1, 0.15) is 152 Å². The number of H-pyrrole nitrogens is 3. The van der Waals surface area contributed by atoms with Gasteiger partial charge in [0.25, 0.3) is 0 Å². The largest absolute Gasteiger partial charge is 0.436 e. The Kier molecular flexibility index (Phi) is 100. The van der Waals surface area contributed by atoms with Crippen molar-refractivity contribution < 1.29 is 135 Å². The third-order valence-electron chi connectivity index (χ3n) is 8.38. The molecule has 4 aromatic carbocycles. The predicted molar refractivity (Wildman–Crippen MR) is 382 cm³/mol. The molecule has 0 aliphatic rings. The number of hydrogen-bond donors (Lipinski definition) is 7. The van der Waals surface area contributed by atoms with Crippen molar-refractivity contribution in [2.75, 3.05) is 28.7 Å². The van der Waals surface area contributed by atoms with E-state index in [2.05, 4.69) is 118 Å². The molecular formula is C68H104Cl4N9O3PY4-4. The van der Waals surface area contributed by atoms with E-state index in [4.69, 9.17) is 17.3 Å². The van der Waals surface area contributed by atoms with Gasteiger partial charge in [0.2, 0.25) is 0 Å². The van der Waals surface area contributed by atoms with Crippen molar-refractivity contribution >= 4 is 90.9 Å². The van der Waals surface area contributed by atoms with Crippen LogP contribution in [-0.2, 0) is 135 Å². The van der Waals surface area contributed by atoms with Gasteiger partial charge in [-0.2, -0.15) is 24.3 Å². The molecule has 0 saturated heterocycles. The minimum absolute atomic E-state index is 0. The number of para-hydroxylation sites is 3. The Balaban J connectivity index is -0.0000000879. The van der Waals surface area contributed by atoms with Crippen molar-refractivity contribution in [2.24, 2.45) is 4.99 Å². The normalized spacial score (nSPS) is 8.34. The summed E-state index contributed by atoms with van der Waals surface area (Å²) in [6.45, 7) is 45.3. The number of aryl methyl sites for hydroxylation is 5. The summed E-state index contributed by atoms with van der Waals surface area (Å²) in [5.74, 6) is 2.59. The minimum Gasteiger partial charge on any atom is -0.436 e. The molecule has 0 aliphatic heterocycles. The second-order valence-electron chi connectivity index (χ2n) is 13.9. The van der Waals surface area contributed by atoms with E-state index in [1.165, 1.54) is 11.6 Å². The number of nitrogens with one attached hydrogen (secondary N) is 6. The fourth-order valence-electron chi connectivity index (χ4n) is 4.95. The Morgan fingerprint density at radius 1 is 0.438 bits per heavy atom. The minimum atomic E-state index is -3.22. The number of halogens is 4. The van der Waals surface area contributed by atoms with Crippen molar-refractivity contribution in [3.63, 3.8) is 0 Å². The zero-order valence-electron chi connectivity index (χ0n) is 57.8. The van der Waals surface area contributed by atoms with Crippen LogP contribution in [0.2, 0.25) is 5.15 Å². The van der Waals surface area contributed by atoms with Gasteiger partial charge in [-0.3, -0.25) is 4.57 Å². The summed E-state index contributed by atoms with van der Waals surface area (Å²) in [5.41, 5.74) is 13.1. The van der Waals surface area contributed by atoms with Crippen LogP contribution in [0, 0.1) is 58.9 Å². The van der Waals surface area contributed by atoms with E-state index < -0.39 is 5.20 Å². The quantitative estimate of drug-likeness (QED) is 0.0487. The maximum Gasteiger partial charge on any atom is 0.339 e. The number of hydrogen-bond acceptors (Lipinski definition) is 9.